The van der Waals surface area contributed by atoms with E-state index in [1.165, 1.54) is 18.2 Å². The zero-order valence-corrected chi connectivity index (χ0v) is 12.5. The summed E-state index contributed by atoms with van der Waals surface area (Å²) in [6.07, 6.45) is 1.50. The third-order valence-corrected chi connectivity index (χ3v) is 4.37. The van der Waals surface area contributed by atoms with E-state index in [4.69, 9.17) is 5.11 Å². The van der Waals surface area contributed by atoms with Gasteiger partial charge in [0.1, 0.15) is 4.47 Å². The van der Waals surface area contributed by atoms with Gasteiger partial charge >= 0.3 is 5.97 Å². The highest BCUT2D eigenvalue weighted by molar-refractivity contribution is 9.10. The molecule has 112 valence electrons. The molecule has 21 heavy (non-hydrogen) atoms. The van der Waals surface area contributed by atoms with Crippen molar-refractivity contribution in [1.29, 1.82) is 0 Å². The monoisotopic (exact) mass is 356 g/mol. The molecule has 2 atom stereocenters. The molecule has 0 aromatic heterocycles. The van der Waals surface area contributed by atoms with Crippen molar-refractivity contribution in [3.63, 3.8) is 0 Å². The molecule has 1 aliphatic rings. The number of aliphatic carboxylic acids is 1. The summed E-state index contributed by atoms with van der Waals surface area (Å²) in [5, 5.41) is 22.5. The molecule has 0 saturated heterocycles. The fourth-order valence-corrected chi connectivity index (χ4v) is 3.03. The molecule has 2 N–H and O–H groups in total. The topological polar surface area (TPSA) is 110 Å². The van der Waals surface area contributed by atoms with E-state index >= 15 is 0 Å². The van der Waals surface area contributed by atoms with Gasteiger partial charge in [0, 0.05) is 12.1 Å². The van der Waals surface area contributed by atoms with Gasteiger partial charge in [0.25, 0.3) is 11.6 Å². The molecular weight excluding hydrogens is 344 g/mol. The standard InChI is InChI=1S/C13H13BrN2O5/c14-11-9(2-1-3-10(11)16(20)21)12(17)15-8-5-4-7(6-8)13(18)19/h1-3,7-8H,4-6H2,(H,15,17)(H,18,19). The minimum absolute atomic E-state index is 0.125. The molecule has 0 aliphatic heterocycles. The van der Waals surface area contributed by atoms with E-state index in [1.54, 1.807) is 0 Å². The zero-order valence-electron chi connectivity index (χ0n) is 10.9. The van der Waals surface area contributed by atoms with E-state index in [0.29, 0.717) is 19.3 Å². The largest absolute Gasteiger partial charge is 0.481 e. The normalized spacial score (nSPS) is 21.0. The van der Waals surface area contributed by atoms with Gasteiger partial charge in [0.2, 0.25) is 0 Å². The van der Waals surface area contributed by atoms with Crippen molar-refractivity contribution in [2.75, 3.05) is 0 Å². The fourth-order valence-electron chi connectivity index (χ4n) is 2.44. The number of nitrogens with zero attached hydrogens (tertiary/aromatic N) is 1. The predicted octanol–water partition coefficient (Wildman–Crippen LogP) is 2.34. The molecule has 1 aromatic carbocycles. The Balaban J connectivity index is 2.10. The van der Waals surface area contributed by atoms with Crippen LogP contribution in [0.4, 0.5) is 5.69 Å². The number of nitro benzene ring substituents is 1. The van der Waals surface area contributed by atoms with Crippen molar-refractivity contribution >= 4 is 33.5 Å². The lowest BCUT2D eigenvalue weighted by molar-refractivity contribution is -0.385. The molecule has 0 radical (unpaired) electrons. The lowest BCUT2D eigenvalue weighted by atomic mass is 10.1. The van der Waals surface area contributed by atoms with Crippen molar-refractivity contribution in [2.45, 2.75) is 25.3 Å². The second-order valence-corrected chi connectivity index (χ2v) is 5.71. The average Bonchev–Trinajstić information content (AvgIpc) is 2.87. The Bertz CT molecular complexity index is 604. The van der Waals surface area contributed by atoms with Gasteiger partial charge in [-0.3, -0.25) is 19.7 Å². The van der Waals surface area contributed by atoms with E-state index in [2.05, 4.69) is 21.2 Å². The van der Waals surface area contributed by atoms with Gasteiger partial charge in [-0.05, 0) is 41.3 Å². The number of hydrogen-bond donors (Lipinski definition) is 2. The summed E-state index contributed by atoms with van der Waals surface area (Å²) in [5.74, 6) is -1.74. The Morgan fingerprint density at radius 2 is 2.10 bits per heavy atom. The van der Waals surface area contributed by atoms with Gasteiger partial charge in [0.05, 0.1) is 16.4 Å². The summed E-state index contributed by atoms with van der Waals surface area (Å²) in [5.41, 5.74) is -0.0135. The van der Waals surface area contributed by atoms with Crippen LogP contribution >= 0.6 is 15.9 Å². The highest BCUT2D eigenvalue weighted by atomic mass is 79.9. The van der Waals surface area contributed by atoms with Crippen LogP contribution in [-0.2, 0) is 4.79 Å². The second kappa shape index (κ2) is 6.21. The molecule has 1 aromatic rings. The smallest absolute Gasteiger partial charge is 0.306 e. The molecule has 2 rings (SSSR count). The zero-order chi connectivity index (χ0) is 15.6. The Morgan fingerprint density at radius 1 is 1.38 bits per heavy atom. The van der Waals surface area contributed by atoms with Gasteiger partial charge in [-0.15, -0.1) is 0 Å². The van der Waals surface area contributed by atoms with Crippen molar-refractivity contribution < 1.29 is 19.6 Å². The summed E-state index contributed by atoms with van der Waals surface area (Å²) in [7, 11) is 0. The lowest BCUT2D eigenvalue weighted by Crippen LogP contribution is -2.33. The van der Waals surface area contributed by atoms with E-state index in [-0.39, 0.29) is 21.8 Å². The number of halogens is 1. The third kappa shape index (κ3) is 3.38. The number of amides is 1. The van der Waals surface area contributed by atoms with E-state index < -0.39 is 22.7 Å². The maximum Gasteiger partial charge on any atom is 0.306 e. The first-order valence-electron chi connectivity index (χ1n) is 6.36. The minimum atomic E-state index is -0.858. The number of carboxylic acid groups (broad SMARTS) is 1. The van der Waals surface area contributed by atoms with Crippen molar-refractivity contribution in [2.24, 2.45) is 5.92 Å². The molecule has 7 nitrogen and oxygen atoms in total. The highest BCUT2D eigenvalue weighted by Crippen LogP contribution is 2.29. The van der Waals surface area contributed by atoms with Crippen LogP contribution in [0, 0.1) is 16.0 Å². The van der Waals surface area contributed by atoms with Crippen molar-refractivity contribution in [3.05, 3.63) is 38.3 Å². The maximum atomic E-state index is 12.2. The number of rotatable bonds is 4. The summed E-state index contributed by atoms with van der Waals surface area (Å²) < 4.78 is 0.125. The summed E-state index contributed by atoms with van der Waals surface area (Å²) in [6.45, 7) is 0. The van der Waals surface area contributed by atoms with Gasteiger partial charge in [-0.1, -0.05) is 6.07 Å². The number of carbonyl (C=O) groups is 2. The molecule has 0 bridgehead atoms. The molecular formula is C13H13BrN2O5. The van der Waals surface area contributed by atoms with Gasteiger partial charge in [-0.25, -0.2) is 0 Å². The van der Waals surface area contributed by atoms with E-state index in [1.807, 2.05) is 0 Å². The van der Waals surface area contributed by atoms with E-state index in [0.717, 1.165) is 0 Å². The number of nitro groups is 1. The summed E-state index contributed by atoms with van der Waals surface area (Å²) in [4.78, 5) is 33.3. The number of hydrogen-bond acceptors (Lipinski definition) is 4. The first kappa shape index (κ1) is 15.4. The Hall–Kier alpha value is -1.96. The van der Waals surface area contributed by atoms with Crippen LogP contribution < -0.4 is 5.32 Å². The molecule has 1 fully saturated rings. The van der Waals surface area contributed by atoms with Crippen molar-refractivity contribution in [3.8, 4) is 0 Å². The SMILES string of the molecule is O=C(NC1CCC(C(=O)O)C1)c1cccc([N+](=O)[O-])c1Br. The molecule has 1 saturated carbocycles. The van der Waals surface area contributed by atoms with Gasteiger partial charge < -0.3 is 10.4 Å². The summed E-state index contributed by atoms with van der Waals surface area (Å²) >= 11 is 3.07. The number of carbonyl (C=O) groups excluding carboxylic acids is 1. The van der Waals surface area contributed by atoms with Crippen LogP contribution in [-0.4, -0.2) is 27.9 Å². The number of nitrogens with one attached hydrogen (secondary N) is 1. The molecule has 0 spiro atoms. The van der Waals surface area contributed by atoms with Crippen LogP contribution in [0.1, 0.15) is 29.6 Å². The summed E-state index contributed by atoms with van der Waals surface area (Å²) in [6, 6.07) is 4.00. The molecule has 8 heteroatoms. The lowest BCUT2D eigenvalue weighted by Gasteiger charge is -2.13. The van der Waals surface area contributed by atoms with Crippen LogP contribution in [0.5, 0.6) is 0 Å². The Kier molecular flexibility index (Phi) is 4.56. The van der Waals surface area contributed by atoms with Gasteiger partial charge in [0.15, 0.2) is 0 Å². The Labute approximate surface area is 128 Å². The first-order chi connectivity index (χ1) is 9.90. The van der Waals surface area contributed by atoms with Crippen LogP contribution in [0.15, 0.2) is 22.7 Å². The maximum absolute atomic E-state index is 12.2. The average molecular weight is 357 g/mol. The number of carboxylic acids is 1. The molecule has 0 heterocycles. The van der Waals surface area contributed by atoms with Gasteiger partial charge in [-0.2, -0.15) is 0 Å². The molecule has 2 unspecified atom stereocenters. The van der Waals surface area contributed by atoms with Crippen LogP contribution in [0.3, 0.4) is 0 Å². The van der Waals surface area contributed by atoms with Crippen LogP contribution in [0.25, 0.3) is 0 Å². The molecule has 1 aliphatic carbocycles. The predicted molar refractivity (Wildman–Crippen MR) is 77.0 cm³/mol. The molecule has 1 amide bonds. The van der Waals surface area contributed by atoms with Crippen LogP contribution in [0.2, 0.25) is 0 Å². The fraction of sp³-hybridized carbons (Fsp3) is 0.385. The van der Waals surface area contributed by atoms with E-state index in [9.17, 15) is 19.7 Å². The quantitative estimate of drug-likeness (QED) is 0.635. The third-order valence-electron chi connectivity index (χ3n) is 3.54. The highest BCUT2D eigenvalue weighted by Gasteiger charge is 2.31. The number of benzene rings is 1. The first-order valence-corrected chi connectivity index (χ1v) is 7.16. The Morgan fingerprint density at radius 3 is 2.67 bits per heavy atom. The van der Waals surface area contributed by atoms with Crippen molar-refractivity contribution in [1.82, 2.24) is 5.32 Å². The minimum Gasteiger partial charge on any atom is -0.481 e. The second-order valence-electron chi connectivity index (χ2n) is 4.91.